The molecule has 2 N–H and O–H groups in total. The first kappa shape index (κ1) is 11.9. The standard InChI is InChI=1S/C13H18N2O2/c1-13(2,3)9-6-8(9)12(17)15-10-7-14-5-4-11(10)16/h4-5,7-9H,6H2,1-3H3,(H,14,16)(H,15,17). The van der Waals surface area contributed by atoms with E-state index < -0.39 is 0 Å². The number of aromatic nitrogens is 1. The SMILES string of the molecule is CC(C)(C)C1CC1C(=O)Nc1c[nH]ccc1=O. The molecule has 92 valence electrons. The van der Waals surface area contributed by atoms with Crippen molar-refractivity contribution in [3.05, 3.63) is 28.7 Å². The topological polar surface area (TPSA) is 62.0 Å². The molecule has 0 spiro atoms. The van der Waals surface area contributed by atoms with Gasteiger partial charge in [-0.15, -0.1) is 0 Å². The summed E-state index contributed by atoms with van der Waals surface area (Å²) in [4.78, 5) is 26.2. The Morgan fingerprint density at radius 1 is 1.47 bits per heavy atom. The maximum Gasteiger partial charge on any atom is 0.227 e. The molecule has 1 fully saturated rings. The largest absolute Gasteiger partial charge is 0.366 e. The van der Waals surface area contributed by atoms with Crippen LogP contribution < -0.4 is 10.7 Å². The van der Waals surface area contributed by atoms with Crippen LogP contribution in [-0.4, -0.2) is 10.9 Å². The molecule has 0 radical (unpaired) electrons. The molecule has 2 rings (SSSR count). The number of H-pyrrole nitrogens is 1. The van der Waals surface area contributed by atoms with Gasteiger partial charge in [0.05, 0.1) is 0 Å². The fourth-order valence-electron chi connectivity index (χ4n) is 2.18. The number of anilines is 1. The molecule has 0 aromatic carbocycles. The smallest absolute Gasteiger partial charge is 0.227 e. The number of carbonyl (C=O) groups is 1. The van der Waals surface area contributed by atoms with Gasteiger partial charge in [-0.05, 0) is 17.8 Å². The van der Waals surface area contributed by atoms with Gasteiger partial charge in [0.25, 0.3) is 0 Å². The Hall–Kier alpha value is -1.58. The molecule has 1 saturated carbocycles. The zero-order valence-corrected chi connectivity index (χ0v) is 10.4. The first-order valence-corrected chi connectivity index (χ1v) is 5.87. The van der Waals surface area contributed by atoms with Crippen LogP contribution in [0.4, 0.5) is 5.69 Å². The lowest BCUT2D eigenvalue weighted by Crippen LogP contribution is -2.22. The molecule has 4 nitrogen and oxygen atoms in total. The number of carbonyl (C=O) groups excluding carboxylic acids is 1. The van der Waals surface area contributed by atoms with Crippen LogP contribution in [0.1, 0.15) is 27.2 Å². The summed E-state index contributed by atoms with van der Waals surface area (Å²) in [7, 11) is 0. The van der Waals surface area contributed by atoms with Crippen molar-refractivity contribution in [1.29, 1.82) is 0 Å². The van der Waals surface area contributed by atoms with Crippen LogP contribution in [0.3, 0.4) is 0 Å². The third-order valence-electron chi connectivity index (χ3n) is 3.32. The van der Waals surface area contributed by atoms with Crippen molar-refractivity contribution in [1.82, 2.24) is 4.98 Å². The first-order valence-electron chi connectivity index (χ1n) is 5.87. The molecule has 1 aromatic heterocycles. The van der Waals surface area contributed by atoms with Crippen LogP contribution in [-0.2, 0) is 4.79 Å². The summed E-state index contributed by atoms with van der Waals surface area (Å²) in [6.07, 6.45) is 3.99. The van der Waals surface area contributed by atoms with Gasteiger partial charge in [-0.3, -0.25) is 9.59 Å². The Balaban J connectivity index is 2.01. The number of hydrogen-bond donors (Lipinski definition) is 2. The van der Waals surface area contributed by atoms with Gasteiger partial charge in [0.2, 0.25) is 11.3 Å². The average Bonchev–Trinajstić information content (AvgIpc) is 3.00. The molecule has 0 aliphatic heterocycles. The summed E-state index contributed by atoms with van der Waals surface area (Å²) in [6.45, 7) is 6.42. The van der Waals surface area contributed by atoms with E-state index in [0.717, 1.165) is 6.42 Å². The van der Waals surface area contributed by atoms with E-state index in [1.54, 1.807) is 6.20 Å². The van der Waals surface area contributed by atoms with Gasteiger partial charge in [0.1, 0.15) is 5.69 Å². The Morgan fingerprint density at radius 3 is 2.71 bits per heavy atom. The highest BCUT2D eigenvalue weighted by molar-refractivity contribution is 5.94. The molecular formula is C13H18N2O2. The third kappa shape index (κ3) is 2.57. The second kappa shape index (κ2) is 4.02. The van der Waals surface area contributed by atoms with Gasteiger partial charge in [-0.2, -0.15) is 0 Å². The van der Waals surface area contributed by atoms with Crippen LogP contribution in [0.25, 0.3) is 0 Å². The fourth-order valence-corrected chi connectivity index (χ4v) is 2.18. The van der Waals surface area contributed by atoms with Gasteiger partial charge in [-0.1, -0.05) is 20.8 Å². The first-order chi connectivity index (χ1) is 7.89. The highest BCUT2D eigenvalue weighted by atomic mass is 16.2. The lowest BCUT2D eigenvalue weighted by molar-refractivity contribution is -0.117. The molecule has 2 atom stereocenters. The second-order valence-electron chi connectivity index (χ2n) is 5.73. The van der Waals surface area contributed by atoms with E-state index in [-0.39, 0.29) is 22.7 Å². The van der Waals surface area contributed by atoms with E-state index in [9.17, 15) is 9.59 Å². The molecule has 4 heteroatoms. The van der Waals surface area contributed by atoms with Crippen LogP contribution in [0.15, 0.2) is 23.3 Å². The summed E-state index contributed by atoms with van der Waals surface area (Å²) >= 11 is 0. The van der Waals surface area contributed by atoms with E-state index in [2.05, 4.69) is 31.1 Å². The molecule has 0 bridgehead atoms. The van der Waals surface area contributed by atoms with Crippen LogP contribution in [0.5, 0.6) is 0 Å². The summed E-state index contributed by atoms with van der Waals surface area (Å²) in [6, 6.07) is 1.41. The maximum absolute atomic E-state index is 11.9. The van der Waals surface area contributed by atoms with E-state index >= 15 is 0 Å². The highest BCUT2D eigenvalue weighted by Crippen LogP contribution is 2.50. The summed E-state index contributed by atoms with van der Waals surface area (Å²) in [5.74, 6) is 0.432. The monoisotopic (exact) mass is 234 g/mol. The van der Waals surface area contributed by atoms with Gasteiger partial charge in [0.15, 0.2) is 0 Å². The van der Waals surface area contributed by atoms with Crippen molar-refractivity contribution in [2.45, 2.75) is 27.2 Å². The number of hydrogen-bond acceptors (Lipinski definition) is 2. The minimum absolute atomic E-state index is 0.0402. The van der Waals surface area contributed by atoms with Gasteiger partial charge in [-0.25, -0.2) is 0 Å². The molecular weight excluding hydrogens is 216 g/mol. The zero-order chi connectivity index (χ0) is 12.6. The quantitative estimate of drug-likeness (QED) is 0.822. The zero-order valence-electron chi connectivity index (χ0n) is 10.4. The summed E-state index contributed by atoms with van der Waals surface area (Å²) in [5, 5.41) is 2.69. The molecule has 0 saturated heterocycles. The lowest BCUT2D eigenvalue weighted by atomic mass is 9.89. The third-order valence-corrected chi connectivity index (χ3v) is 3.32. The van der Waals surface area contributed by atoms with Crippen molar-refractivity contribution in [2.24, 2.45) is 17.3 Å². The van der Waals surface area contributed by atoms with Crippen molar-refractivity contribution in [3.8, 4) is 0 Å². The van der Waals surface area contributed by atoms with Crippen LogP contribution in [0.2, 0.25) is 0 Å². The van der Waals surface area contributed by atoms with E-state index in [1.807, 2.05) is 0 Å². The van der Waals surface area contributed by atoms with Crippen molar-refractivity contribution in [3.63, 3.8) is 0 Å². The Morgan fingerprint density at radius 2 is 2.18 bits per heavy atom. The molecule has 17 heavy (non-hydrogen) atoms. The van der Waals surface area contributed by atoms with Gasteiger partial charge in [0, 0.05) is 24.4 Å². The molecule has 2 unspecified atom stereocenters. The number of aromatic amines is 1. The molecule has 1 aromatic rings. The van der Waals surface area contributed by atoms with Gasteiger partial charge < -0.3 is 10.3 Å². The number of rotatable bonds is 2. The Labute approximate surface area is 100 Å². The van der Waals surface area contributed by atoms with E-state index in [4.69, 9.17) is 0 Å². The van der Waals surface area contributed by atoms with Crippen molar-refractivity contribution in [2.75, 3.05) is 5.32 Å². The number of nitrogens with one attached hydrogen (secondary N) is 2. The average molecular weight is 234 g/mol. The normalized spacial score (nSPS) is 23.2. The maximum atomic E-state index is 11.9. The van der Waals surface area contributed by atoms with Crippen molar-refractivity contribution < 1.29 is 4.79 Å². The van der Waals surface area contributed by atoms with Crippen LogP contribution in [0, 0.1) is 17.3 Å². The summed E-state index contributed by atoms with van der Waals surface area (Å²) in [5.41, 5.74) is 0.326. The molecule has 1 aliphatic carbocycles. The minimum atomic E-state index is -0.162. The molecule has 1 aliphatic rings. The number of pyridine rings is 1. The number of amides is 1. The van der Waals surface area contributed by atoms with Crippen molar-refractivity contribution >= 4 is 11.6 Å². The molecule has 1 amide bonds. The highest BCUT2D eigenvalue weighted by Gasteiger charge is 2.49. The Kier molecular flexibility index (Phi) is 2.81. The van der Waals surface area contributed by atoms with E-state index in [0.29, 0.717) is 11.6 Å². The molecule has 1 heterocycles. The predicted octanol–water partition coefficient (Wildman–Crippen LogP) is 2.00. The second-order valence-corrected chi connectivity index (χ2v) is 5.73. The fraction of sp³-hybridized carbons (Fsp3) is 0.538. The minimum Gasteiger partial charge on any atom is -0.366 e. The Bertz CT molecular complexity index is 485. The van der Waals surface area contributed by atoms with Crippen LogP contribution >= 0.6 is 0 Å². The lowest BCUT2D eigenvalue weighted by Gasteiger charge is -2.17. The predicted molar refractivity (Wildman–Crippen MR) is 66.7 cm³/mol. The van der Waals surface area contributed by atoms with E-state index in [1.165, 1.54) is 12.3 Å². The summed E-state index contributed by atoms with van der Waals surface area (Å²) < 4.78 is 0. The van der Waals surface area contributed by atoms with Gasteiger partial charge >= 0.3 is 0 Å².